The van der Waals surface area contributed by atoms with Crippen molar-refractivity contribution in [2.75, 3.05) is 18.1 Å². The first kappa shape index (κ1) is 16.6. The molecule has 1 aromatic rings. The van der Waals surface area contributed by atoms with Gasteiger partial charge in [-0.2, -0.15) is 0 Å². The number of thiocarbonyl (C=S) groups is 1. The molecule has 0 heterocycles. The summed E-state index contributed by atoms with van der Waals surface area (Å²) in [5.41, 5.74) is 8.01. The molecular weight excluding hydrogens is 296 g/mol. The van der Waals surface area contributed by atoms with Gasteiger partial charge in [0, 0.05) is 22.7 Å². The molecule has 0 radical (unpaired) electrons. The largest absolute Gasteiger partial charge is 0.389 e. The standard InChI is InChI=1S/C17H26N2S2/c1-3-12-7-9-13(10-8-12)11-19-14-5-4-6-15(21-2)16(14)17(18)20/h4-6,12-13,19H,3,7-11H2,1-2H3,(H2,18,20). The maximum atomic E-state index is 5.91. The molecular formula is C17H26N2S2. The normalized spacial score (nSPS) is 22.0. The van der Waals surface area contributed by atoms with Crippen LogP contribution in [0.1, 0.15) is 44.6 Å². The van der Waals surface area contributed by atoms with Crippen LogP contribution in [0.25, 0.3) is 0 Å². The molecule has 0 spiro atoms. The van der Waals surface area contributed by atoms with Crippen molar-refractivity contribution in [2.45, 2.75) is 43.9 Å². The van der Waals surface area contributed by atoms with Crippen LogP contribution in [-0.2, 0) is 0 Å². The first-order valence-electron chi connectivity index (χ1n) is 7.86. The summed E-state index contributed by atoms with van der Waals surface area (Å²) in [6, 6.07) is 6.24. The van der Waals surface area contributed by atoms with Crippen LogP contribution in [0, 0.1) is 11.8 Å². The maximum Gasteiger partial charge on any atom is 0.107 e. The second-order valence-electron chi connectivity index (χ2n) is 5.92. The molecule has 0 atom stereocenters. The molecule has 4 heteroatoms. The van der Waals surface area contributed by atoms with E-state index in [2.05, 4.69) is 36.7 Å². The minimum atomic E-state index is 0.483. The lowest BCUT2D eigenvalue weighted by molar-refractivity contribution is 0.278. The van der Waals surface area contributed by atoms with Gasteiger partial charge in [-0.3, -0.25) is 0 Å². The van der Waals surface area contributed by atoms with Crippen LogP contribution in [0.3, 0.4) is 0 Å². The van der Waals surface area contributed by atoms with Gasteiger partial charge in [-0.05, 0) is 43.1 Å². The van der Waals surface area contributed by atoms with E-state index < -0.39 is 0 Å². The molecule has 0 bridgehead atoms. The maximum absolute atomic E-state index is 5.91. The Balaban J connectivity index is 1.99. The summed E-state index contributed by atoms with van der Waals surface area (Å²) in [5, 5.41) is 3.59. The number of hydrogen-bond donors (Lipinski definition) is 2. The summed E-state index contributed by atoms with van der Waals surface area (Å²) < 4.78 is 0. The zero-order valence-corrected chi connectivity index (χ0v) is 14.7. The van der Waals surface area contributed by atoms with E-state index in [4.69, 9.17) is 18.0 Å². The van der Waals surface area contributed by atoms with E-state index >= 15 is 0 Å². The van der Waals surface area contributed by atoms with Crippen LogP contribution in [0.2, 0.25) is 0 Å². The molecule has 0 aliphatic heterocycles. The van der Waals surface area contributed by atoms with Gasteiger partial charge in [0.15, 0.2) is 0 Å². The average Bonchev–Trinajstić information content (AvgIpc) is 2.52. The Morgan fingerprint density at radius 1 is 1.29 bits per heavy atom. The molecule has 1 fully saturated rings. The molecule has 21 heavy (non-hydrogen) atoms. The van der Waals surface area contributed by atoms with Crippen LogP contribution in [0.4, 0.5) is 5.69 Å². The Bertz CT molecular complexity index is 480. The van der Waals surface area contributed by atoms with Crippen molar-refractivity contribution in [1.29, 1.82) is 0 Å². The lowest BCUT2D eigenvalue weighted by atomic mass is 9.81. The highest BCUT2D eigenvalue weighted by molar-refractivity contribution is 7.98. The van der Waals surface area contributed by atoms with Gasteiger partial charge >= 0.3 is 0 Å². The highest BCUT2D eigenvalue weighted by atomic mass is 32.2. The minimum Gasteiger partial charge on any atom is -0.389 e. The fourth-order valence-electron chi connectivity index (χ4n) is 3.20. The highest BCUT2D eigenvalue weighted by Crippen LogP contribution is 2.32. The number of benzene rings is 1. The third kappa shape index (κ3) is 4.36. The monoisotopic (exact) mass is 322 g/mol. The fraction of sp³-hybridized carbons (Fsp3) is 0.588. The van der Waals surface area contributed by atoms with E-state index in [1.54, 1.807) is 11.8 Å². The van der Waals surface area contributed by atoms with Crippen LogP contribution in [-0.4, -0.2) is 17.8 Å². The van der Waals surface area contributed by atoms with E-state index in [0.29, 0.717) is 4.99 Å². The van der Waals surface area contributed by atoms with Crippen LogP contribution < -0.4 is 11.1 Å². The smallest absolute Gasteiger partial charge is 0.107 e. The van der Waals surface area contributed by atoms with Crippen molar-refractivity contribution >= 4 is 34.7 Å². The molecule has 0 aromatic heterocycles. The van der Waals surface area contributed by atoms with Gasteiger partial charge in [-0.15, -0.1) is 11.8 Å². The van der Waals surface area contributed by atoms with E-state index in [-0.39, 0.29) is 0 Å². The number of nitrogens with two attached hydrogens (primary N) is 1. The lowest BCUT2D eigenvalue weighted by Crippen LogP contribution is -2.22. The summed E-state index contributed by atoms with van der Waals surface area (Å²) in [6.07, 6.45) is 8.85. The fourth-order valence-corrected chi connectivity index (χ4v) is 4.12. The molecule has 0 unspecified atom stereocenters. The Kier molecular flexibility index (Phi) is 6.37. The van der Waals surface area contributed by atoms with E-state index in [1.165, 1.54) is 32.1 Å². The lowest BCUT2D eigenvalue weighted by Gasteiger charge is -2.28. The summed E-state index contributed by atoms with van der Waals surface area (Å²) in [5.74, 6) is 1.73. The minimum absolute atomic E-state index is 0.483. The summed E-state index contributed by atoms with van der Waals surface area (Å²) in [4.78, 5) is 1.64. The zero-order valence-electron chi connectivity index (χ0n) is 13.0. The predicted molar refractivity (Wildman–Crippen MR) is 98.3 cm³/mol. The van der Waals surface area contributed by atoms with Crippen molar-refractivity contribution < 1.29 is 0 Å². The molecule has 116 valence electrons. The van der Waals surface area contributed by atoms with Crippen molar-refractivity contribution in [1.82, 2.24) is 0 Å². The van der Waals surface area contributed by atoms with Gasteiger partial charge in [-0.1, -0.05) is 44.5 Å². The molecule has 2 nitrogen and oxygen atoms in total. The first-order chi connectivity index (χ1) is 10.2. The molecule has 0 saturated heterocycles. The number of rotatable bonds is 6. The quantitative estimate of drug-likeness (QED) is 0.589. The molecule has 1 aromatic carbocycles. The van der Waals surface area contributed by atoms with Crippen molar-refractivity contribution in [3.8, 4) is 0 Å². The van der Waals surface area contributed by atoms with Gasteiger partial charge in [0.1, 0.15) is 4.99 Å². The van der Waals surface area contributed by atoms with Gasteiger partial charge in [0.25, 0.3) is 0 Å². The van der Waals surface area contributed by atoms with Gasteiger partial charge in [0.05, 0.1) is 0 Å². The third-order valence-electron chi connectivity index (χ3n) is 4.62. The summed E-state index contributed by atoms with van der Waals surface area (Å²) in [6.45, 7) is 3.34. The van der Waals surface area contributed by atoms with E-state index in [1.807, 2.05) is 0 Å². The van der Waals surface area contributed by atoms with Gasteiger partial charge < -0.3 is 11.1 Å². The van der Waals surface area contributed by atoms with Crippen LogP contribution in [0.15, 0.2) is 23.1 Å². The Labute approximate surface area is 138 Å². The number of anilines is 1. The molecule has 2 rings (SSSR count). The van der Waals surface area contributed by atoms with Gasteiger partial charge in [-0.25, -0.2) is 0 Å². The Morgan fingerprint density at radius 2 is 1.95 bits per heavy atom. The zero-order chi connectivity index (χ0) is 15.2. The van der Waals surface area contributed by atoms with E-state index in [9.17, 15) is 0 Å². The Hall–Kier alpha value is -0.740. The van der Waals surface area contributed by atoms with Crippen LogP contribution in [0.5, 0.6) is 0 Å². The molecule has 1 aliphatic rings. The predicted octanol–water partition coefficient (Wildman–Crippen LogP) is 4.67. The Morgan fingerprint density at radius 3 is 2.52 bits per heavy atom. The second kappa shape index (κ2) is 8.04. The number of hydrogen-bond acceptors (Lipinski definition) is 3. The van der Waals surface area contributed by atoms with Gasteiger partial charge in [0.2, 0.25) is 0 Å². The van der Waals surface area contributed by atoms with Crippen molar-refractivity contribution in [2.24, 2.45) is 17.6 Å². The van der Waals surface area contributed by atoms with E-state index in [0.717, 1.165) is 34.5 Å². The average molecular weight is 323 g/mol. The second-order valence-corrected chi connectivity index (χ2v) is 7.21. The third-order valence-corrected chi connectivity index (χ3v) is 5.60. The SMILES string of the molecule is CCC1CCC(CNc2cccc(SC)c2C(N)=S)CC1. The molecule has 3 N–H and O–H groups in total. The van der Waals surface area contributed by atoms with Crippen molar-refractivity contribution in [3.63, 3.8) is 0 Å². The summed E-state index contributed by atoms with van der Waals surface area (Å²) in [7, 11) is 0. The summed E-state index contributed by atoms with van der Waals surface area (Å²) >= 11 is 6.92. The topological polar surface area (TPSA) is 38.0 Å². The van der Waals surface area contributed by atoms with Crippen LogP contribution >= 0.6 is 24.0 Å². The number of thioether (sulfide) groups is 1. The molecule has 1 aliphatic carbocycles. The number of nitrogens with one attached hydrogen (secondary N) is 1. The van der Waals surface area contributed by atoms with Crippen molar-refractivity contribution in [3.05, 3.63) is 23.8 Å². The molecule has 1 saturated carbocycles. The molecule has 0 amide bonds. The first-order valence-corrected chi connectivity index (χ1v) is 9.49. The highest BCUT2D eigenvalue weighted by Gasteiger charge is 2.20.